The van der Waals surface area contributed by atoms with E-state index in [0.29, 0.717) is 0 Å². The number of hydrogen-bond acceptors (Lipinski definition) is 1. The molecule has 1 aromatic rings. The van der Waals surface area contributed by atoms with E-state index >= 15 is 0 Å². The van der Waals surface area contributed by atoms with Gasteiger partial charge >= 0.3 is 0 Å². The molecule has 0 aromatic heterocycles. The van der Waals surface area contributed by atoms with Crippen molar-refractivity contribution in [1.82, 2.24) is 0 Å². The Hall–Kier alpha value is -0.120. The molecule has 1 atom stereocenters. The lowest BCUT2D eigenvalue weighted by Crippen LogP contribution is -2.02. The van der Waals surface area contributed by atoms with E-state index in [1.54, 1.807) is 0 Å². The number of halogens is 4. The molecule has 70 valence electrons. The van der Waals surface area contributed by atoms with Gasteiger partial charge in [0.25, 0.3) is 0 Å². The highest BCUT2D eigenvalue weighted by molar-refractivity contribution is 9.09. The molecule has 1 aromatic carbocycles. The molecule has 0 N–H and O–H groups in total. The first kappa shape index (κ1) is 11.0. The van der Waals surface area contributed by atoms with Gasteiger partial charge in [-0.2, -0.15) is 0 Å². The van der Waals surface area contributed by atoms with Gasteiger partial charge < -0.3 is 0 Å². The molecular weight excluding hydrogens is 282 g/mol. The molecule has 0 amide bonds. The summed E-state index contributed by atoms with van der Waals surface area (Å²) in [7, 11) is 0. The summed E-state index contributed by atoms with van der Waals surface area (Å²) in [6.07, 6.45) is 0. The van der Waals surface area contributed by atoms with Gasteiger partial charge in [0.15, 0.2) is 0 Å². The quantitative estimate of drug-likeness (QED) is 0.598. The number of rotatable bonds is 2. The van der Waals surface area contributed by atoms with Crippen LogP contribution in [0.4, 0.5) is 4.39 Å². The first-order valence-corrected chi connectivity index (χ1v) is 4.98. The molecule has 1 rings (SSSR count). The zero-order valence-corrected chi connectivity index (χ0v) is 9.33. The summed E-state index contributed by atoms with van der Waals surface area (Å²) in [4.78, 5) is 9.84. The molecular formula is C8H4BrCl2FO. The van der Waals surface area contributed by atoms with Crippen LogP contribution in [0.1, 0.15) is 10.4 Å². The van der Waals surface area contributed by atoms with Gasteiger partial charge in [0, 0.05) is 10.6 Å². The number of carbonyl (C=O) groups excluding carboxylic acids is 1. The smallest absolute Gasteiger partial charge is 0.239 e. The Balaban J connectivity index is 3.20. The van der Waals surface area contributed by atoms with Crippen molar-refractivity contribution in [2.75, 3.05) is 0 Å². The Morgan fingerprint density at radius 3 is 2.62 bits per heavy atom. The summed E-state index contributed by atoms with van der Waals surface area (Å²) >= 11 is 13.8. The average Bonchev–Trinajstić information content (AvgIpc) is 2.03. The van der Waals surface area contributed by atoms with E-state index < -0.39 is 15.9 Å². The Morgan fingerprint density at radius 1 is 1.54 bits per heavy atom. The van der Waals surface area contributed by atoms with Crippen molar-refractivity contribution in [3.8, 4) is 0 Å². The van der Waals surface area contributed by atoms with E-state index in [9.17, 15) is 9.18 Å². The third kappa shape index (κ3) is 2.42. The van der Waals surface area contributed by atoms with Gasteiger partial charge in [-0.1, -0.05) is 33.6 Å². The summed E-state index contributed by atoms with van der Waals surface area (Å²) in [5.41, 5.74) is 0.0733. The maximum absolute atomic E-state index is 13.1. The topological polar surface area (TPSA) is 17.1 Å². The van der Waals surface area contributed by atoms with E-state index in [0.717, 1.165) is 0 Å². The van der Waals surface area contributed by atoms with Crippen LogP contribution in [0.5, 0.6) is 0 Å². The first-order valence-electron chi connectivity index (χ1n) is 3.31. The highest BCUT2D eigenvalue weighted by Gasteiger charge is 2.21. The van der Waals surface area contributed by atoms with Crippen LogP contribution in [0.15, 0.2) is 18.2 Å². The van der Waals surface area contributed by atoms with Crippen molar-refractivity contribution in [2.24, 2.45) is 0 Å². The maximum atomic E-state index is 13.1. The molecule has 5 heteroatoms. The number of benzene rings is 1. The van der Waals surface area contributed by atoms with Crippen molar-refractivity contribution in [2.45, 2.75) is 4.83 Å². The summed E-state index contributed by atoms with van der Waals surface area (Å²) in [6.45, 7) is 0. The lowest BCUT2D eigenvalue weighted by atomic mass is 10.1. The van der Waals surface area contributed by atoms with E-state index in [-0.39, 0.29) is 10.6 Å². The fourth-order valence-corrected chi connectivity index (χ4v) is 1.84. The predicted molar refractivity (Wildman–Crippen MR) is 53.9 cm³/mol. The molecule has 1 unspecified atom stereocenters. The van der Waals surface area contributed by atoms with Crippen LogP contribution < -0.4 is 0 Å². The highest BCUT2D eigenvalue weighted by atomic mass is 79.9. The van der Waals surface area contributed by atoms with E-state index in [2.05, 4.69) is 15.9 Å². The molecule has 1 nitrogen and oxygen atoms in total. The van der Waals surface area contributed by atoms with Crippen molar-refractivity contribution in [3.63, 3.8) is 0 Å². The number of alkyl halides is 1. The number of hydrogen-bond donors (Lipinski definition) is 0. The minimum Gasteiger partial charge on any atom is -0.280 e. The van der Waals surface area contributed by atoms with Crippen molar-refractivity contribution >= 4 is 44.4 Å². The Kier molecular flexibility index (Phi) is 3.71. The van der Waals surface area contributed by atoms with Gasteiger partial charge in [-0.15, -0.1) is 0 Å². The predicted octanol–water partition coefficient (Wildman–Crippen LogP) is 3.68. The second-order valence-electron chi connectivity index (χ2n) is 2.30. The fraction of sp³-hybridized carbons (Fsp3) is 0.125. The third-order valence-corrected chi connectivity index (χ3v) is 3.14. The lowest BCUT2D eigenvalue weighted by Gasteiger charge is -2.07. The van der Waals surface area contributed by atoms with Gasteiger partial charge in [-0.3, -0.25) is 4.79 Å². The van der Waals surface area contributed by atoms with E-state index in [1.807, 2.05) is 0 Å². The molecule has 0 aliphatic heterocycles. The molecule has 0 saturated carbocycles. The Labute approximate surface area is 93.0 Å². The Morgan fingerprint density at radius 2 is 2.15 bits per heavy atom. The summed E-state index contributed by atoms with van der Waals surface area (Å²) in [5, 5.41) is -0.525. The largest absolute Gasteiger partial charge is 0.280 e. The minimum absolute atomic E-state index is 0.0733. The summed E-state index contributed by atoms with van der Waals surface area (Å²) in [6, 6.07) is 4.17. The monoisotopic (exact) mass is 284 g/mol. The molecule has 0 aliphatic rings. The fourth-order valence-electron chi connectivity index (χ4n) is 0.866. The van der Waals surface area contributed by atoms with Crippen LogP contribution in [0, 0.1) is 5.82 Å². The second-order valence-corrected chi connectivity index (χ2v) is 4.00. The lowest BCUT2D eigenvalue weighted by molar-refractivity contribution is -0.111. The van der Waals surface area contributed by atoms with Crippen LogP contribution in [0.3, 0.4) is 0 Å². The second kappa shape index (κ2) is 4.40. The molecule has 0 aliphatic carbocycles. The van der Waals surface area contributed by atoms with Crippen LogP contribution in [0.2, 0.25) is 5.02 Å². The van der Waals surface area contributed by atoms with Crippen LogP contribution in [-0.2, 0) is 4.79 Å². The molecule has 0 heterocycles. The standard InChI is InChI=1S/C8H4BrCl2FO/c9-7(8(11)13)6-4(10)2-1-3-5(6)12/h1-3,7H. The van der Waals surface area contributed by atoms with Gasteiger partial charge in [-0.05, 0) is 23.7 Å². The number of carbonyl (C=O) groups is 1. The van der Waals surface area contributed by atoms with Gasteiger partial charge in [0.05, 0.1) is 0 Å². The van der Waals surface area contributed by atoms with Gasteiger partial charge in [0.1, 0.15) is 10.6 Å². The molecule has 0 saturated heterocycles. The summed E-state index contributed by atoms with van der Waals surface area (Å²) in [5.74, 6) is -0.552. The Bertz CT molecular complexity index is 323. The zero-order chi connectivity index (χ0) is 10.0. The molecule has 0 radical (unpaired) electrons. The van der Waals surface area contributed by atoms with Crippen LogP contribution in [-0.4, -0.2) is 5.24 Å². The van der Waals surface area contributed by atoms with Crippen molar-refractivity contribution in [1.29, 1.82) is 0 Å². The average molecular weight is 286 g/mol. The van der Waals surface area contributed by atoms with Crippen molar-refractivity contribution in [3.05, 3.63) is 34.6 Å². The SMILES string of the molecule is O=C(Cl)C(Br)c1c(F)cccc1Cl. The van der Waals surface area contributed by atoms with Crippen LogP contribution in [0.25, 0.3) is 0 Å². The molecule has 0 bridgehead atoms. The maximum Gasteiger partial charge on any atom is 0.239 e. The zero-order valence-electron chi connectivity index (χ0n) is 6.23. The highest BCUT2D eigenvalue weighted by Crippen LogP contribution is 2.33. The van der Waals surface area contributed by atoms with E-state index in [4.69, 9.17) is 23.2 Å². The molecule has 0 fully saturated rings. The molecule has 0 spiro atoms. The first-order chi connectivity index (χ1) is 6.04. The van der Waals surface area contributed by atoms with Gasteiger partial charge in [0.2, 0.25) is 5.24 Å². The molecule has 13 heavy (non-hydrogen) atoms. The van der Waals surface area contributed by atoms with E-state index in [1.165, 1.54) is 18.2 Å². The van der Waals surface area contributed by atoms with Crippen LogP contribution >= 0.6 is 39.1 Å². The van der Waals surface area contributed by atoms with Crippen molar-refractivity contribution < 1.29 is 9.18 Å². The third-order valence-electron chi connectivity index (χ3n) is 1.45. The minimum atomic E-state index is -0.900. The normalized spacial score (nSPS) is 12.6. The summed E-state index contributed by atoms with van der Waals surface area (Å²) < 4.78 is 13.1. The van der Waals surface area contributed by atoms with Gasteiger partial charge in [-0.25, -0.2) is 4.39 Å².